The van der Waals surface area contributed by atoms with E-state index < -0.39 is 6.09 Å². The molecule has 0 saturated carbocycles. The summed E-state index contributed by atoms with van der Waals surface area (Å²) in [6.07, 6.45) is -0.979. The largest absolute Gasteiger partial charge is 0.467 e. The van der Waals surface area contributed by atoms with Crippen LogP contribution in [0, 0.1) is 6.92 Å². The molecule has 0 spiro atoms. The number of primary amides is 1. The second-order valence-electron chi connectivity index (χ2n) is 2.07. The summed E-state index contributed by atoms with van der Waals surface area (Å²) < 4.78 is 9.16. The van der Waals surface area contributed by atoms with Crippen LogP contribution in [0.3, 0.4) is 0 Å². The van der Waals surface area contributed by atoms with Gasteiger partial charge in [0.05, 0.1) is 7.11 Å². The van der Waals surface area contributed by atoms with Gasteiger partial charge >= 0.3 is 18.1 Å². The minimum Gasteiger partial charge on any atom is -0.467 e. The fourth-order valence-electron chi connectivity index (χ4n) is 0.661. The van der Waals surface area contributed by atoms with Crippen molar-refractivity contribution in [2.45, 2.75) is 6.92 Å². The first-order valence-corrected chi connectivity index (χ1v) is 3.36. The fraction of sp³-hybridized carbons (Fsp3) is 0.333. The second-order valence-corrected chi connectivity index (χ2v) is 2.07. The van der Waals surface area contributed by atoms with E-state index in [1.165, 1.54) is 7.11 Å². The van der Waals surface area contributed by atoms with Crippen LogP contribution in [0.5, 0.6) is 12.0 Å². The van der Waals surface area contributed by atoms with Crippen LogP contribution in [0.25, 0.3) is 0 Å². The Balaban J connectivity index is 2.94. The van der Waals surface area contributed by atoms with Crippen LogP contribution in [-0.4, -0.2) is 28.2 Å². The molecule has 0 aliphatic rings. The van der Waals surface area contributed by atoms with Gasteiger partial charge in [0.1, 0.15) is 5.82 Å². The minimum absolute atomic E-state index is 0.0729. The van der Waals surface area contributed by atoms with Crippen LogP contribution in [0.4, 0.5) is 4.79 Å². The molecule has 0 aromatic carbocycles. The molecule has 0 unspecified atom stereocenters. The number of carbonyl (C=O) groups excluding carboxylic acids is 1. The van der Waals surface area contributed by atoms with E-state index in [4.69, 9.17) is 10.5 Å². The van der Waals surface area contributed by atoms with Crippen molar-refractivity contribution in [2.75, 3.05) is 7.11 Å². The summed E-state index contributed by atoms with van der Waals surface area (Å²) in [4.78, 5) is 21.4. The number of nitrogens with zero attached hydrogens (tertiary/aromatic N) is 3. The van der Waals surface area contributed by atoms with Gasteiger partial charge in [-0.15, -0.1) is 4.98 Å². The highest BCUT2D eigenvalue weighted by molar-refractivity contribution is 5.66. The topological polar surface area (TPSA) is 100 Å². The minimum atomic E-state index is -0.979. The summed E-state index contributed by atoms with van der Waals surface area (Å²) in [6.45, 7) is 1.61. The predicted octanol–water partition coefficient (Wildman–Crippen LogP) is -0.354. The van der Waals surface area contributed by atoms with E-state index in [1.807, 2.05) is 0 Å². The average molecular weight is 184 g/mol. The third kappa shape index (κ3) is 2.55. The molecule has 7 heteroatoms. The summed E-state index contributed by atoms with van der Waals surface area (Å²) in [5.74, 6) is 0.378. The zero-order valence-electron chi connectivity index (χ0n) is 7.14. The maximum absolute atomic E-state index is 10.3. The van der Waals surface area contributed by atoms with Gasteiger partial charge in [0.15, 0.2) is 0 Å². The van der Waals surface area contributed by atoms with Gasteiger partial charge in [-0.3, -0.25) is 0 Å². The number of rotatable bonds is 2. The number of hydrogen-bond acceptors (Lipinski definition) is 6. The Bertz CT molecular complexity index is 328. The first-order valence-electron chi connectivity index (χ1n) is 3.36. The maximum atomic E-state index is 10.3. The lowest BCUT2D eigenvalue weighted by molar-refractivity contribution is 0.205. The van der Waals surface area contributed by atoms with Crippen LogP contribution in [0.15, 0.2) is 0 Å². The lowest BCUT2D eigenvalue weighted by atomic mass is 10.7. The second kappa shape index (κ2) is 3.65. The molecule has 1 rings (SSSR count). The molecule has 13 heavy (non-hydrogen) atoms. The summed E-state index contributed by atoms with van der Waals surface area (Å²) in [5.41, 5.74) is 4.76. The molecule has 0 atom stereocenters. The molecule has 2 N–H and O–H groups in total. The van der Waals surface area contributed by atoms with E-state index in [2.05, 4.69) is 19.7 Å². The van der Waals surface area contributed by atoms with Crippen molar-refractivity contribution in [2.24, 2.45) is 5.73 Å². The molecule has 0 aliphatic carbocycles. The molecule has 0 saturated heterocycles. The highest BCUT2D eigenvalue weighted by Gasteiger charge is 2.06. The molecule has 7 nitrogen and oxygen atoms in total. The van der Waals surface area contributed by atoms with Gasteiger partial charge in [0.25, 0.3) is 0 Å². The van der Waals surface area contributed by atoms with E-state index in [0.29, 0.717) is 5.82 Å². The Labute approximate surface area is 73.9 Å². The average Bonchev–Trinajstić information content (AvgIpc) is 2.01. The number of hydrogen-bond donors (Lipinski definition) is 1. The SMILES string of the molecule is COc1nc(C)nc(OC(N)=O)n1. The van der Waals surface area contributed by atoms with Crippen LogP contribution >= 0.6 is 0 Å². The van der Waals surface area contributed by atoms with Crippen molar-refractivity contribution in [3.63, 3.8) is 0 Å². The third-order valence-electron chi connectivity index (χ3n) is 1.08. The quantitative estimate of drug-likeness (QED) is 0.673. The molecular weight excluding hydrogens is 176 g/mol. The van der Waals surface area contributed by atoms with Gasteiger partial charge < -0.3 is 15.2 Å². The third-order valence-corrected chi connectivity index (χ3v) is 1.08. The van der Waals surface area contributed by atoms with E-state index in [0.717, 1.165) is 0 Å². The Kier molecular flexibility index (Phi) is 2.58. The van der Waals surface area contributed by atoms with Crippen LogP contribution < -0.4 is 15.2 Å². The maximum Gasteiger partial charge on any atom is 0.412 e. The monoisotopic (exact) mass is 184 g/mol. The number of aryl methyl sites for hydroxylation is 1. The number of methoxy groups -OCH3 is 1. The normalized spacial score (nSPS) is 9.38. The van der Waals surface area contributed by atoms with E-state index in [1.54, 1.807) is 6.92 Å². The van der Waals surface area contributed by atoms with Crippen LogP contribution in [0.2, 0.25) is 0 Å². The van der Waals surface area contributed by atoms with Gasteiger partial charge in [-0.1, -0.05) is 0 Å². The summed E-state index contributed by atoms with van der Waals surface area (Å²) in [5, 5.41) is 0. The van der Waals surface area contributed by atoms with E-state index >= 15 is 0 Å². The van der Waals surface area contributed by atoms with Gasteiger partial charge in [0, 0.05) is 0 Å². The van der Waals surface area contributed by atoms with Crippen molar-refractivity contribution in [1.29, 1.82) is 0 Å². The first kappa shape index (κ1) is 9.17. The fourth-order valence-corrected chi connectivity index (χ4v) is 0.661. The van der Waals surface area contributed by atoms with Crippen molar-refractivity contribution >= 4 is 6.09 Å². The molecule has 0 bridgehead atoms. The van der Waals surface area contributed by atoms with Crippen LogP contribution in [0.1, 0.15) is 5.82 Å². The number of aromatic nitrogens is 3. The number of ether oxygens (including phenoxy) is 2. The molecule has 70 valence electrons. The molecule has 0 fully saturated rings. The van der Waals surface area contributed by atoms with Gasteiger partial charge in [0.2, 0.25) is 0 Å². The van der Waals surface area contributed by atoms with Crippen molar-refractivity contribution < 1.29 is 14.3 Å². The molecule has 1 aromatic heterocycles. The summed E-state index contributed by atoms with van der Waals surface area (Å²) in [6, 6.07) is -0.0967. The molecular formula is C6H8N4O3. The summed E-state index contributed by atoms with van der Waals surface area (Å²) >= 11 is 0. The van der Waals surface area contributed by atoms with Crippen molar-refractivity contribution in [3.8, 4) is 12.0 Å². The Morgan fingerprint density at radius 1 is 1.31 bits per heavy atom. The lowest BCUT2D eigenvalue weighted by Gasteiger charge is -2.01. The van der Waals surface area contributed by atoms with Crippen molar-refractivity contribution in [3.05, 3.63) is 5.82 Å². The molecule has 0 radical (unpaired) electrons. The Morgan fingerprint density at radius 3 is 2.46 bits per heavy atom. The number of nitrogens with two attached hydrogens (primary N) is 1. The van der Waals surface area contributed by atoms with E-state index in [9.17, 15) is 4.79 Å². The Hall–Kier alpha value is -1.92. The van der Waals surface area contributed by atoms with E-state index in [-0.39, 0.29) is 12.0 Å². The number of amides is 1. The smallest absolute Gasteiger partial charge is 0.412 e. The van der Waals surface area contributed by atoms with Crippen LogP contribution in [-0.2, 0) is 0 Å². The lowest BCUT2D eigenvalue weighted by Crippen LogP contribution is -2.18. The zero-order valence-corrected chi connectivity index (χ0v) is 7.14. The first-order chi connectivity index (χ1) is 6.11. The highest BCUT2D eigenvalue weighted by atomic mass is 16.6. The van der Waals surface area contributed by atoms with Gasteiger partial charge in [-0.25, -0.2) is 4.79 Å². The Morgan fingerprint density at radius 2 is 1.92 bits per heavy atom. The highest BCUT2D eigenvalue weighted by Crippen LogP contribution is 2.07. The van der Waals surface area contributed by atoms with Crippen molar-refractivity contribution in [1.82, 2.24) is 15.0 Å². The van der Waals surface area contributed by atoms with Gasteiger partial charge in [-0.05, 0) is 6.92 Å². The molecule has 0 aliphatic heterocycles. The molecule has 1 aromatic rings. The molecule has 1 heterocycles. The number of carbonyl (C=O) groups is 1. The summed E-state index contributed by atoms with van der Waals surface area (Å²) in [7, 11) is 1.39. The van der Waals surface area contributed by atoms with Gasteiger partial charge in [-0.2, -0.15) is 9.97 Å². The zero-order chi connectivity index (χ0) is 9.84. The predicted molar refractivity (Wildman–Crippen MR) is 41.3 cm³/mol. The molecule has 1 amide bonds. The standard InChI is InChI=1S/C6H8N4O3/c1-3-8-5(12-2)10-6(9-3)13-4(7)11/h1-2H3,(H2,7,11).